The Bertz CT molecular complexity index is 213. The number of rotatable bonds is 5. The van der Waals surface area contributed by atoms with Crippen LogP contribution in [-0.4, -0.2) is 18.2 Å². The van der Waals surface area contributed by atoms with E-state index in [0.717, 1.165) is 19.3 Å². The van der Waals surface area contributed by atoms with Crippen molar-refractivity contribution in [3.8, 4) is 0 Å². The first-order valence-corrected chi connectivity index (χ1v) is 5.21. The largest absolute Gasteiger partial charge is 0.444 e. The maximum Gasteiger partial charge on any atom is 0.407 e. The van der Waals surface area contributed by atoms with Crippen LogP contribution < -0.4 is 5.32 Å². The Balaban J connectivity index is 2.44. The lowest BCUT2D eigenvalue weighted by atomic mass is 9.97. The summed E-state index contributed by atoms with van der Waals surface area (Å²) in [4.78, 5) is 11.0. The van der Waals surface area contributed by atoms with Gasteiger partial charge in [-0.05, 0) is 25.2 Å². The fraction of sp³-hybridized carbons (Fsp3) is 0.727. The fourth-order valence-corrected chi connectivity index (χ4v) is 1.76. The molecule has 0 aromatic heterocycles. The van der Waals surface area contributed by atoms with Gasteiger partial charge in [-0.25, -0.2) is 4.79 Å². The fourth-order valence-electron chi connectivity index (χ4n) is 1.76. The molecule has 80 valence electrons. The van der Waals surface area contributed by atoms with Crippen molar-refractivity contribution in [1.29, 1.82) is 0 Å². The molecule has 1 fully saturated rings. The Morgan fingerprint density at radius 2 is 2.36 bits per heavy atom. The molecule has 1 heterocycles. The van der Waals surface area contributed by atoms with Gasteiger partial charge >= 0.3 is 6.09 Å². The van der Waals surface area contributed by atoms with Crippen LogP contribution in [0.3, 0.4) is 0 Å². The normalized spacial score (nSPS) is 26.1. The van der Waals surface area contributed by atoms with E-state index in [9.17, 15) is 4.79 Å². The third kappa shape index (κ3) is 3.05. The second-order valence-corrected chi connectivity index (χ2v) is 4.19. The van der Waals surface area contributed by atoms with Crippen molar-refractivity contribution < 1.29 is 9.53 Å². The zero-order chi connectivity index (χ0) is 10.6. The molecule has 1 N–H and O–H groups in total. The molecule has 1 saturated heterocycles. The van der Waals surface area contributed by atoms with Gasteiger partial charge in [0.15, 0.2) is 0 Å². The van der Waals surface area contributed by atoms with Crippen molar-refractivity contribution in [2.75, 3.05) is 0 Å². The second kappa shape index (κ2) is 5.03. The number of hydrogen-bond acceptors (Lipinski definition) is 2. The molecule has 0 spiro atoms. The Labute approximate surface area is 85.5 Å². The minimum absolute atomic E-state index is 0.0305. The first-order valence-electron chi connectivity index (χ1n) is 5.21. The molecular formula is C11H19NO2. The second-order valence-electron chi connectivity index (χ2n) is 4.19. The summed E-state index contributed by atoms with van der Waals surface area (Å²) in [6, 6.07) is 0.183. The highest BCUT2D eigenvalue weighted by atomic mass is 16.6. The number of hydrogen-bond donors (Lipinski definition) is 1. The summed E-state index contributed by atoms with van der Waals surface area (Å²) in [6.07, 6.45) is 4.37. The van der Waals surface area contributed by atoms with Gasteiger partial charge in [-0.1, -0.05) is 19.9 Å². The van der Waals surface area contributed by atoms with E-state index in [1.165, 1.54) is 0 Å². The molecule has 0 aromatic rings. The Morgan fingerprint density at radius 3 is 2.93 bits per heavy atom. The molecule has 3 nitrogen and oxygen atoms in total. The average molecular weight is 197 g/mol. The predicted molar refractivity (Wildman–Crippen MR) is 56.1 cm³/mol. The molecule has 0 radical (unpaired) electrons. The number of ether oxygens (including phenoxy) is 1. The number of amides is 1. The molecule has 1 aliphatic heterocycles. The number of carbonyl (C=O) groups is 1. The van der Waals surface area contributed by atoms with Crippen molar-refractivity contribution >= 4 is 6.09 Å². The number of alkyl carbamates (subject to hydrolysis) is 1. The van der Waals surface area contributed by atoms with Gasteiger partial charge in [0, 0.05) is 0 Å². The van der Waals surface area contributed by atoms with E-state index in [0.29, 0.717) is 5.92 Å². The van der Waals surface area contributed by atoms with Crippen molar-refractivity contribution in [3.63, 3.8) is 0 Å². The molecule has 0 saturated carbocycles. The molecular weight excluding hydrogens is 178 g/mol. The predicted octanol–water partition coefficient (Wildman–Crippen LogP) is 2.48. The van der Waals surface area contributed by atoms with Crippen LogP contribution in [-0.2, 0) is 4.74 Å². The molecule has 0 aromatic carbocycles. The van der Waals surface area contributed by atoms with Gasteiger partial charge < -0.3 is 10.1 Å². The molecule has 14 heavy (non-hydrogen) atoms. The van der Waals surface area contributed by atoms with Gasteiger partial charge in [0.25, 0.3) is 0 Å². The number of nitrogens with one attached hydrogen (secondary N) is 1. The van der Waals surface area contributed by atoms with E-state index < -0.39 is 0 Å². The molecule has 0 bridgehead atoms. The number of cyclic esters (lactones) is 1. The zero-order valence-electron chi connectivity index (χ0n) is 8.95. The molecule has 3 heteroatoms. The summed E-state index contributed by atoms with van der Waals surface area (Å²) in [7, 11) is 0. The molecule has 1 amide bonds. The topological polar surface area (TPSA) is 38.3 Å². The van der Waals surface area contributed by atoms with Gasteiger partial charge in [-0.3, -0.25) is 0 Å². The van der Waals surface area contributed by atoms with E-state index in [4.69, 9.17) is 4.74 Å². The lowest BCUT2D eigenvalue weighted by Crippen LogP contribution is -2.32. The smallest absolute Gasteiger partial charge is 0.407 e. The van der Waals surface area contributed by atoms with Crippen LogP contribution >= 0.6 is 0 Å². The van der Waals surface area contributed by atoms with Gasteiger partial charge in [0.2, 0.25) is 0 Å². The number of allylic oxidation sites excluding steroid dienone is 1. The third-order valence-electron chi connectivity index (χ3n) is 2.39. The maximum absolute atomic E-state index is 11.0. The van der Waals surface area contributed by atoms with Crippen LogP contribution in [0.4, 0.5) is 4.79 Å². The summed E-state index contributed by atoms with van der Waals surface area (Å²) < 4.78 is 5.18. The lowest BCUT2D eigenvalue weighted by molar-refractivity contribution is 0.123. The van der Waals surface area contributed by atoms with Gasteiger partial charge in [0.05, 0.1) is 6.04 Å². The summed E-state index contributed by atoms with van der Waals surface area (Å²) >= 11 is 0. The van der Waals surface area contributed by atoms with E-state index >= 15 is 0 Å². The van der Waals surface area contributed by atoms with E-state index in [2.05, 4.69) is 25.7 Å². The Morgan fingerprint density at radius 1 is 1.64 bits per heavy atom. The van der Waals surface area contributed by atoms with Crippen LogP contribution in [0.25, 0.3) is 0 Å². The first kappa shape index (κ1) is 11.1. The van der Waals surface area contributed by atoms with Crippen molar-refractivity contribution in [2.24, 2.45) is 5.92 Å². The Hall–Kier alpha value is -0.990. The molecule has 1 aliphatic rings. The van der Waals surface area contributed by atoms with Crippen LogP contribution in [0.15, 0.2) is 12.7 Å². The molecule has 2 unspecified atom stereocenters. The van der Waals surface area contributed by atoms with E-state index in [1.54, 1.807) is 0 Å². The van der Waals surface area contributed by atoms with Crippen LogP contribution in [0.2, 0.25) is 0 Å². The van der Waals surface area contributed by atoms with Crippen LogP contribution in [0.5, 0.6) is 0 Å². The molecule has 1 rings (SSSR count). The van der Waals surface area contributed by atoms with Crippen molar-refractivity contribution in [3.05, 3.63) is 12.7 Å². The standard InChI is InChI=1S/C11H19NO2/c1-4-5-6-10-9(7-8(2)3)12-11(13)14-10/h4,8-10H,1,5-7H2,2-3H3,(H,12,13). The highest BCUT2D eigenvalue weighted by molar-refractivity contribution is 5.70. The first-order chi connectivity index (χ1) is 6.63. The highest BCUT2D eigenvalue weighted by Crippen LogP contribution is 2.20. The summed E-state index contributed by atoms with van der Waals surface area (Å²) in [5.41, 5.74) is 0. The van der Waals surface area contributed by atoms with E-state index in [-0.39, 0.29) is 18.2 Å². The van der Waals surface area contributed by atoms with Crippen molar-refractivity contribution in [1.82, 2.24) is 5.32 Å². The highest BCUT2D eigenvalue weighted by Gasteiger charge is 2.33. The minimum Gasteiger partial charge on any atom is -0.444 e. The van der Waals surface area contributed by atoms with Gasteiger partial charge in [0.1, 0.15) is 6.10 Å². The zero-order valence-corrected chi connectivity index (χ0v) is 8.95. The van der Waals surface area contributed by atoms with Crippen molar-refractivity contribution in [2.45, 2.75) is 45.3 Å². The quantitative estimate of drug-likeness (QED) is 0.687. The van der Waals surface area contributed by atoms with E-state index in [1.807, 2.05) is 6.08 Å². The van der Waals surface area contributed by atoms with Crippen LogP contribution in [0, 0.1) is 5.92 Å². The summed E-state index contributed by atoms with van der Waals surface area (Å²) in [5, 5.41) is 2.85. The number of carbonyl (C=O) groups excluding carboxylic acids is 1. The third-order valence-corrected chi connectivity index (χ3v) is 2.39. The van der Waals surface area contributed by atoms with Crippen LogP contribution in [0.1, 0.15) is 33.1 Å². The Kier molecular flexibility index (Phi) is 3.98. The minimum atomic E-state index is -0.273. The van der Waals surface area contributed by atoms with Gasteiger partial charge in [-0.2, -0.15) is 0 Å². The lowest BCUT2D eigenvalue weighted by Gasteiger charge is -2.17. The SMILES string of the molecule is C=CCCC1OC(=O)NC1CC(C)C. The molecule has 2 atom stereocenters. The summed E-state index contributed by atoms with van der Waals surface area (Å²) in [5.74, 6) is 0.577. The monoisotopic (exact) mass is 197 g/mol. The maximum atomic E-state index is 11.0. The molecule has 0 aliphatic carbocycles. The van der Waals surface area contributed by atoms with Gasteiger partial charge in [-0.15, -0.1) is 6.58 Å². The average Bonchev–Trinajstić information content (AvgIpc) is 2.41. The summed E-state index contributed by atoms with van der Waals surface area (Å²) in [6.45, 7) is 7.96.